The van der Waals surface area contributed by atoms with Crippen molar-refractivity contribution in [3.8, 4) is 0 Å². The van der Waals surface area contributed by atoms with Gasteiger partial charge >= 0.3 is 0 Å². The van der Waals surface area contributed by atoms with Crippen molar-refractivity contribution in [3.63, 3.8) is 0 Å². The van der Waals surface area contributed by atoms with Crippen LogP contribution in [0.15, 0.2) is 41.1 Å². The van der Waals surface area contributed by atoms with Gasteiger partial charge in [0.1, 0.15) is 0 Å². The number of aryl methyl sites for hydroxylation is 1. The zero-order valence-electron chi connectivity index (χ0n) is 8.53. The van der Waals surface area contributed by atoms with Crippen LogP contribution >= 0.6 is 23.1 Å². The van der Waals surface area contributed by atoms with Gasteiger partial charge < -0.3 is 0 Å². The molecular weight excluding hydrogens is 208 g/mol. The van der Waals surface area contributed by atoms with Crippen molar-refractivity contribution < 1.29 is 0 Å². The third kappa shape index (κ3) is 4.16. The van der Waals surface area contributed by atoms with E-state index in [-0.39, 0.29) is 0 Å². The Morgan fingerprint density at radius 2 is 2.50 bits per heavy atom. The highest BCUT2D eigenvalue weighted by Gasteiger charge is 1.96. The van der Waals surface area contributed by atoms with Crippen LogP contribution in [0.3, 0.4) is 0 Å². The number of hydrogen-bond acceptors (Lipinski definition) is 2. The second-order valence-corrected chi connectivity index (χ2v) is 4.97. The van der Waals surface area contributed by atoms with Gasteiger partial charge in [-0.2, -0.15) is 0 Å². The van der Waals surface area contributed by atoms with Gasteiger partial charge in [0, 0.05) is 4.88 Å². The fourth-order valence-electron chi connectivity index (χ4n) is 1.28. The summed E-state index contributed by atoms with van der Waals surface area (Å²) >= 11 is 3.67. The first kappa shape index (κ1) is 11.6. The summed E-state index contributed by atoms with van der Waals surface area (Å²) < 4.78 is 0. The van der Waals surface area contributed by atoms with Gasteiger partial charge in [-0.25, -0.2) is 0 Å². The molecule has 76 valence electrons. The van der Waals surface area contributed by atoms with Gasteiger partial charge in [-0.15, -0.1) is 23.1 Å². The number of hydrogen-bond donors (Lipinski definition) is 0. The van der Waals surface area contributed by atoms with Crippen LogP contribution < -0.4 is 0 Å². The van der Waals surface area contributed by atoms with Crippen LogP contribution in [0.4, 0.5) is 0 Å². The standard InChI is InChI=1S/C12H16S2/c1-3-6-11(13-2)7-4-8-12-9-5-10-14-12/h3,5-6,9-10H,1,4,7-8H2,2H3/b11-6-. The Bertz CT molecular complexity index is 283. The smallest absolute Gasteiger partial charge is 0.00453 e. The molecular formula is C12H16S2. The maximum Gasteiger partial charge on any atom is 0.00453 e. The Kier molecular flexibility index (Phi) is 5.72. The quantitative estimate of drug-likeness (QED) is 0.641. The fraction of sp³-hybridized carbons (Fsp3) is 0.333. The first-order valence-electron chi connectivity index (χ1n) is 4.74. The summed E-state index contributed by atoms with van der Waals surface area (Å²) in [5, 5.41) is 2.14. The second-order valence-electron chi connectivity index (χ2n) is 3.01. The highest BCUT2D eigenvalue weighted by atomic mass is 32.2. The predicted molar refractivity (Wildman–Crippen MR) is 69.1 cm³/mol. The van der Waals surface area contributed by atoms with Crippen molar-refractivity contribution in [2.24, 2.45) is 0 Å². The molecule has 0 aliphatic heterocycles. The van der Waals surface area contributed by atoms with Crippen molar-refractivity contribution in [2.45, 2.75) is 19.3 Å². The van der Waals surface area contributed by atoms with Crippen LogP contribution in [-0.2, 0) is 6.42 Å². The zero-order chi connectivity index (χ0) is 10.2. The maximum absolute atomic E-state index is 3.72. The van der Waals surface area contributed by atoms with Crippen molar-refractivity contribution in [1.82, 2.24) is 0 Å². The molecule has 0 fully saturated rings. The Balaban J connectivity index is 2.26. The third-order valence-corrected chi connectivity index (χ3v) is 3.79. The summed E-state index contributed by atoms with van der Waals surface area (Å²) in [5.41, 5.74) is 0. The summed E-state index contributed by atoms with van der Waals surface area (Å²) in [6.45, 7) is 3.72. The van der Waals surface area contributed by atoms with Gasteiger partial charge in [0.05, 0.1) is 0 Å². The number of thioether (sulfide) groups is 1. The normalized spacial score (nSPS) is 11.6. The van der Waals surface area contributed by atoms with Crippen LogP contribution in [-0.4, -0.2) is 6.26 Å². The molecule has 1 heterocycles. The van der Waals surface area contributed by atoms with Gasteiger partial charge in [0.25, 0.3) is 0 Å². The third-order valence-electron chi connectivity index (χ3n) is 1.99. The molecule has 0 saturated carbocycles. The van der Waals surface area contributed by atoms with Crippen molar-refractivity contribution in [1.29, 1.82) is 0 Å². The maximum atomic E-state index is 3.72. The Labute approximate surface area is 94.7 Å². The lowest BCUT2D eigenvalue weighted by molar-refractivity contribution is 0.848. The van der Waals surface area contributed by atoms with Gasteiger partial charge in [0.15, 0.2) is 0 Å². The minimum atomic E-state index is 1.17. The molecule has 0 saturated heterocycles. The van der Waals surface area contributed by atoms with E-state index in [1.54, 1.807) is 0 Å². The van der Waals surface area contributed by atoms with E-state index in [1.807, 2.05) is 29.2 Å². The first-order valence-corrected chi connectivity index (χ1v) is 6.85. The molecule has 0 unspecified atom stereocenters. The predicted octanol–water partition coefficient (Wildman–Crippen LogP) is 4.50. The van der Waals surface area contributed by atoms with E-state index in [0.29, 0.717) is 0 Å². The number of allylic oxidation sites excluding steroid dienone is 3. The summed E-state index contributed by atoms with van der Waals surface area (Å²) in [6.07, 6.45) is 9.72. The van der Waals surface area contributed by atoms with Gasteiger partial charge in [-0.05, 0) is 41.9 Å². The Morgan fingerprint density at radius 3 is 3.07 bits per heavy atom. The summed E-state index contributed by atoms with van der Waals surface area (Å²) in [7, 11) is 0. The largest absolute Gasteiger partial charge is 0.149 e. The minimum absolute atomic E-state index is 1.17. The average Bonchev–Trinajstić information content (AvgIpc) is 2.69. The van der Waals surface area contributed by atoms with E-state index >= 15 is 0 Å². The monoisotopic (exact) mass is 224 g/mol. The number of thiophene rings is 1. The van der Waals surface area contributed by atoms with E-state index in [4.69, 9.17) is 0 Å². The first-order chi connectivity index (χ1) is 6.86. The van der Waals surface area contributed by atoms with E-state index in [0.717, 1.165) is 0 Å². The topological polar surface area (TPSA) is 0 Å². The van der Waals surface area contributed by atoms with Crippen LogP contribution in [0.5, 0.6) is 0 Å². The summed E-state index contributed by atoms with van der Waals surface area (Å²) in [6, 6.07) is 4.33. The van der Waals surface area contributed by atoms with Crippen LogP contribution in [0.1, 0.15) is 17.7 Å². The molecule has 0 bridgehead atoms. The molecule has 0 aliphatic rings. The molecule has 0 amide bonds. The summed E-state index contributed by atoms with van der Waals surface area (Å²) in [4.78, 5) is 2.92. The molecule has 14 heavy (non-hydrogen) atoms. The molecule has 1 aromatic rings. The highest BCUT2D eigenvalue weighted by molar-refractivity contribution is 8.02. The molecule has 0 aliphatic carbocycles. The molecule has 1 aromatic heterocycles. The van der Waals surface area contributed by atoms with E-state index < -0.39 is 0 Å². The molecule has 0 N–H and O–H groups in total. The molecule has 0 aromatic carbocycles. The lowest BCUT2D eigenvalue weighted by Gasteiger charge is -2.01. The van der Waals surface area contributed by atoms with Crippen LogP contribution in [0, 0.1) is 0 Å². The van der Waals surface area contributed by atoms with E-state index in [1.165, 1.54) is 29.0 Å². The van der Waals surface area contributed by atoms with Crippen molar-refractivity contribution >= 4 is 23.1 Å². The lowest BCUT2D eigenvalue weighted by Crippen LogP contribution is -1.82. The molecule has 0 radical (unpaired) electrons. The molecule has 0 nitrogen and oxygen atoms in total. The van der Waals surface area contributed by atoms with E-state index in [9.17, 15) is 0 Å². The molecule has 0 atom stereocenters. The van der Waals surface area contributed by atoms with Gasteiger partial charge in [0.2, 0.25) is 0 Å². The molecule has 1 rings (SSSR count). The fourth-order valence-corrected chi connectivity index (χ4v) is 2.61. The average molecular weight is 224 g/mol. The lowest BCUT2D eigenvalue weighted by atomic mass is 10.2. The van der Waals surface area contributed by atoms with E-state index in [2.05, 4.69) is 36.4 Å². The Morgan fingerprint density at radius 1 is 1.64 bits per heavy atom. The SMILES string of the molecule is C=C/C=C(/CCCc1cccs1)SC. The molecule has 0 spiro atoms. The molecule has 2 heteroatoms. The van der Waals surface area contributed by atoms with Gasteiger partial charge in [-0.1, -0.05) is 24.8 Å². The van der Waals surface area contributed by atoms with Crippen molar-refractivity contribution in [3.05, 3.63) is 46.0 Å². The summed E-state index contributed by atoms with van der Waals surface area (Å²) in [5.74, 6) is 0. The minimum Gasteiger partial charge on any atom is -0.149 e. The number of rotatable bonds is 6. The zero-order valence-corrected chi connectivity index (χ0v) is 10.2. The van der Waals surface area contributed by atoms with Crippen molar-refractivity contribution in [2.75, 3.05) is 6.26 Å². The second kappa shape index (κ2) is 6.91. The van der Waals surface area contributed by atoms with Gasteiger partial charge in [-0.3, -0.25) is 0 Å². The highest BCUT2D eigenvalue weighted by Crippen LogP contribution is 2.20. The van der Waals surface area contributed by atoms with Crippen LogP contribution in [0.2, 0.25) is 0 Å². The van der Waals surface area contributed by atoms with Crippen LogP contribution in [0.25, 0.3) is 0 Å². The Hall–Kier alpha value is -0.470.